The molecule has 0 radical (unpaired) electrons. The first-order chi connectivity index (χ1) is 9.56. The molecule has 0 bridgehead atoms. The lowest BCUT2D eigenvalue weighted by Gasteiger charge is -2.04. The number of nitrogen functional groups attached to an aromatic ring is 1. The third-order valence-corrected chi connectivity index (χ3v) is 3.65. The van der Waals surface area contributed by atoms with Gasteiger partial charge in [-0.3, -0.25) is 4.79 Å². The zero-order valence-corrected chi connectivity index (χ0v) is 11.7. The van der Waals surface area contributed by atoms with E-state index in [0.717, 1.165) is 16.5 Å². The predicted molar refractivity (Wildman–Crippen MR) is 82.3 cm³/mol. The molecule has 0 atom stereocenters. The van der Waals surface area contributed by atoms with Crippen molar-refractivity contribution < 1.29 is 4.79 Å². The third-order valence-electron chi connectivity index (χ3n) is 3.32. The van der Waals surface area contributed by atoms with Crippen molar-refractivity contribution in [3.8, 4) is 0 Å². The number of H-pyrrole nitrogens is 1. The molecular formula is C16H13ClN2O. The molecule has 3 aromatic rings. The molecule has 3 nitrogen and oxygen atoms in total. The van der Waals surface area contributed by atoms with Crippen molar-refractivity contribution in [1.29, 1.82) is 0 Å². The second-order valence-corrected chi connectivity index (χ2v) is 5.23. The Labute approximate surface area is 121 Å². The maximum Gasteiger partial charge on any atom is 0.196 e. The lowest BCUT2D eigenvalue weighted by Crippen LogP contribution is -2.02. The van der Waals surface area contributed by atoms with Gasteiger partial charge in [-0.05, 0) is 37.3 Å². The minimum Gasteiger partial charge on any atom is -0.399 e. The lowest BCUT2D eigenvalue weighted by atomic mass is 10.0. The highest BCUT2D eigenvalue weighted by molar-refractivity contribution is 6.35. The predicted octanol–water partition coefficient (Wildman–Crippen LogP) is 3.94. The second-order valence-electron chi connectivity index (χ2n) is 4.82. The molecule has 4 heteroatoms. The molecule has 0 saturated heterocycles. The average molecular weight is 285 g/mol. The first kappa shape index (κ1) is 12.8. The number of aromatic nitrogens is 1. The van der Waals surface area contributed by atoms with Gasteiger partial charge in [-0.2, -0.15) is 0 Å². The Morgan fingerprint density at radius 2 is 1.95 bits per heavy atom. The van der Waals surface area contributed by atoms with Crippen LogP contribution >= 0.6 is 11.6 Å². The summed E-state index contributed by atoms with van der Waals surface area (Å²) in [5.74, 6) is -0.126. The number of aromatic amines is 1. The molecule has 0 saturated carbocycles. The fourth-order valence-electron chi connectivity index (χ4n) is 2.28. The van der Waals surface area contributed by atoms with Gasteiger partial charge in [0.2, 0.25) is 0 Å². The van der Waals surface area contributed by atoms with E-state index in [0.29, 0.717) is 21.8 Å². The van der Waals surface area contributed by atoms with E-state index in [2.05, 4.69) is 4.98 Å². The Morgan fingerprint density at radius 3 is 2.75 bits per heavy atom. The molecule has 3 rings (SSSR count). The summed E-state index contributed by atoms with van der Waals surface area (Å²) in [5, 5.41) is 1.31. The van der Waals surface area contributed by atoms with Gasteiger partial charge in [0, 0.05) is 33.9 Å². The highest BCUT2D eigenvalue weighted by atomic mass is 35.5. The molecule has 0 aliphatic carbocycles. The van der Waals surface area contributed by atoms with Crippen LogP contribution in [0.3, 0.4) is 0 Å². The van der Waals surface area contributed by atoms with Crippen LogP contribution in [0.25, 0.3) is 10.9 Å². The summed E-state index contributed by atoms with van der Waals surface area (Å²) >= 11 is 6.10. The average Bonchev–Trinajstić information content (AvgIpc) is 2.83. The van der Waals surface area contributed by atoms with E-state index < -0.39 is 0 Å². The molecule has 1 heterocycles. The number of anilines is 1. The van der Waals surface area contributed by atoms with Gasteiger partial charge in [0.15, 0.2) is 5.78 Å². The van der Waals surface area contributed by atoms with Gasteiger partial charge in [0.25, 0.3) is 0 Å². The molecule has 100 valence electrons. The zero-order valence-electron chi connectivity index (χ0n) is 10.9. The van der Waals surface area contributed by atoms with Crippen molar-refractivity contribution in [3.63, 3.8) is 0 Å². The van der Waals surface area contributed by atoms with Gasteiger partial charge >= 0.3 is 0 Å². The smallest absolute Gasteiger partial charge is 0.196 e. The van der Waals surface area contributed by atoms with Crippen LogP contribution in [0.15, 0.2) is 42.6 Å². The van der Waals surface area contributed by atoms with Crippen molar-refractivity contribution in [2.45, 2.75) is 6.92 Å². The molecular weight excluding hydrogens is 272 g/mol. The first-order valence-corrected chi connectivity index (χ1v) is 6.61. The molecule has 0 aliphatic heterocycles. The van der Waals surface area contributed by atoms with Crippen LogP contribution in [0.2, 0.25) is 5.02 Å². The Kier molecular flexibility index (Phi) is 2.99. The number of hydrogen-bond acceptors (Lipinski definition) is 2. The molecule has 0 unspecified atom stereocenters. The van der Waals surface area contributed by atoms with Gasteiger partial charge in [-0.25, -0.2) is 0 Å². The monoisotopic (exact) mass is 284 g/mol. The minimum atomic E-state index is -0.126. The highest BCUT2D eigenvalue weighted by Crippen LogP contribution is 2.26. The summed E-state index contributed by atoms with van der Waals surface area (Å²) in [5.41, 5.74) is 9.32. The maximum atomic E-state index is 12.6. The summed E-state index contributed by atoms with van der Waals surface area (Å²) in [6.45, 7) is 1.99. The highest BCUT2D eigenvalue weighted by Gasteiger charge is 2.17. The topological polar surface area (TPSA) is 58.9 Å². The summed E-state index contributed by atoms with van der Waals surface area (Å²) in [7, 11) is 0. The third kappa shape index (κ3) is 2.06. The molecule has 0 amide bonds. The molecule has 0 aliphatic rings. The van der Waals surface area contributed by atoms with Gasteiger partial charge < -0.3 is 10.7 Å². The summed E-state index contributed by atoms with van der Waals surface area (Å²) < 4.78 is 0. The molecule has 1 aromatic heterocycles. The number of carbonyl (C=O) groups excluding carboxylic acids is 1. The number of rotatable bonds is 2. The van der Waals surface area contributed by atoms with Crippen LogP contribution in [0, 0.1) is 6.92 Å². The Balaban J connectivity index is 2.17. The first-order valence-electron chi connectivity index (χ1n) is 6.24. The van der Waals surface area contributed by atoms with Crippen LogP contribution in [0.1, 0.15) is 21.5 Å². The maximum absolute atomic E-state index is 12.6. The van der Waals surface area contributed by atoms with Crippen molar-refractivity contribution in [2.75, 3.05) is 5.73 Å². The van der Waals surface area contributed by atoms with Crippen LogP contribution in [0.4, 0.5) is 5.69 Å². The summed E-state index contributed by atoms with van der Waals surface area (Å²) in [4.78, 5) is 15.8. The van der Waals surface area contributed by atoms with E-state index in [1.54, 1.807) is 24.4 Å². The number of hydrogen-bond donors (Lipinski definition) is 2. The number of aryl methyl sites for hydroxylation is 1. The normalized spacial score (nSPS) is 10.9. The molecule has 2 aromatic carbocycles. The van der Waals surface area contributed by atoms with Crippen LogP contribution in [0.5, 0.6) is 0 Å². The summed E-state index contributed by atoms with van der Waals surface area (Å²) in [6.07, 6.45) is 1.71. The Bertz CT molecular complexity index is 820. The van der Waals surface area contributed by atoms with Crippen molar-refractivity contribution >= 4 is 34.0 Å². The zero-order chi connectivity index (χ0) is 14.3. The van der Waals surface area contributed by atoms with Gasteiger partial charge in [0.05, 0.1) is 5.02 Å². The Hall–Kier alpha value is -2.26. The molecule has 3 N–H and O–H groups in total. The largest absolute Gasteiger partial charge is 0.399 e. The summed E-state index contributed by atoms with van der Waals surface area (Å²) in [6, 6.07) is 10.9. The van der Waals surface area contributed by atoms with Crippen LogP contribution in [-0.4, -0.2) is 10.8 Å². The van der Waals surface area contributed by atoms with Crippen molar-refractivity contribution in [3.05, 3.63) is 64.3 Å². The van der Waals surface area contributed by atoms with Crippen LogP contribution < -0.4 is 5.73 Å². The molecule has 20 heavy (non-hydrogen) atoms. The fourth-order valence-corrected chi connectivity index (χ4v) is 2.49. The number of fused-ring (bicyclic) bond motifs is 1. The number of benzene rings is 2. The number of nitrogens with one attached hydrogen (secondary N) is 1. The minimum absolute atomic E-state index is 0.126. The van der Waals surface area contributed by atoms with E-state index in [4.69, 9.17) is 17.3 Å². The lowest BCUT2D eigenvalue weighted by molar-refractivity contribution is 0.104. The number of carbonyl (C=O) groups is 1. The van der Waals surface area contributed by atoms with Gasteiger partial charge in [0.1, 0.15) is 0 Å². The quantitative estimate of drug-likeness (QED) is 0.553. The standard InChI is InChI=1S/C16H13ClN2O/c1-9-2-5-15-11(6-9)13(8-19-15)16(20)12-7-10(18)3-4-14(12)17/h2-8,19H,18H2,1H3. The van der Waals surface area contributed by atoms with E-state index in [9.17, 15) is 4.79 Å². The number of halogens is 1. The van der Waals surface area contributed by atoms with Crippen molar-refractivity contribution in [2.24, 2.45) is 0 Å². The number of ketones is 1. The SMILES string of the molecule is Cc1ccc2[nH]cc(C(=O)c3cc(N)ccc3Cl)c2c1. The van der Waals surface area contributed by atoms with E-state index in [1.165, 1.54) is 0 Å². The van der Waals surface area contributed by atoms with Gasteiger partial charge in [-0.1, -0.05) is 23.2 Å². The number of nitrogens with two attached hydrogens (primary N) is 1. The molecule has 0 spiro atoms. The Morgan fingerprint density at radius 1 is 1.15 bits per heavy atom. The van der Waals surface area contributed by atoms with E-state index in [-0.39, 0.29) is 5.78 Å². The second kappa shape index (κ2) is 4.69. The van der Waals surface area contributed by atoms with Gasteiger partial charge in [-0.15, -0.1) is 0 Å². The van der Waals surface area contributed by atoms with Crippen molar-refractivity contribution in [1.82, 2.24) is 4.98 Å². The van der Waals surface area contributed by atoms with Crippen LogP contribution in [-0.2, 0) is 0 Å². The van der Waals surface area contributed by atoms with E-state index in [1.807, 2.05) is 25.1 Å². The molecule has 0 fully saturated rings. The fraction of sp³-hybridized carbons (Fsp3) is 0.0625. The van der Waals surface area contributed by atoms with E-state index >= 15 is 0 Å².